The zero-order chi connectivity index (χ0) is 22.5. The van der Waals surface area contributed by atoms with Gasteiger partial charge in [-0.3, -0.25) is 4.79 Å². The molecule has 0 atom stereocenters. The lowest BCUT2D eigenvalue weighted by Gasteiger charge is -2.26. The fourth-order valence-electron chi connectivity index (χ4n) is 2.97. The van der Waals surface area contributed by atoms with E-state index in [0.717, 1.165) is 5.56 Å². The van der Waals surface area contributed by atoms with Gasteiger partial charge in [0.05, 0.1) is 23.0 Å². The molecular weight excluding hydrogens is 442 g/mol. The van der Waals surface area contributed by atoms with Crippen molar-refractivity contribution in [2.75, 3.05) is 38.2 Å². The summed E-state index contributed by atoms with van der Waals surface area (Å²) in [5.41, 5.74) is 1.37. The van der Waals surface area contributed by atoms with E-state index in [4.69, 9.17) is 4.74 Å². The normalized spacial score (nSPS) is 15.5. The number of benzene rings is 2. The largest absolute Gasteiger partial charge is 0.379 e. The first-order valence-electron chi connectivity index (χ1n) is 9.73. The second kappa shape index (κ2) is 9.88. The highest BCUT2D eigenvalue weighted by Gasteiger charge is 2.26. The van der Waals surface area contributed by atoms with Gasteiger partial charge in [0.2, 0.25) is 26.0 Å². The maximum absolute atomic E-state index is 12.6. The van der Waals surface area contributed by atoms with Gasteiger partial charge in [-0.05, 0) is 43.3 Å². The average Bonchev–Trinajstić information content (AvgIpc) is 2.75. The molecule has 1 heterocycles. The number of nitrogens with zero attached hydrogens (tertiary/aromatic N) is 1. The molecule has 1 amide bonds. The van der Waals surface area contributed by atoms with E-state index in [0.29, 0.717) is 32.0 Å². The van der Waals surface area contributed by atoms with E-state index in [1.54, 1.807) is 12.1 Å². The first-order chi connectivity index (χ1) is 14.7. The van der Waals surface area contributed by atoms with Crippen LogP contribution in [-0.2, 0) is 29.6 Å². The van der Waals surface area contributed by atoms with Crippen molar-refractivity contribution in [2.24, 2.45) is 0 Å². The molecule has 1 saturated heterocycles. The van der Waals surface area contributed by atoms with Crippen LogP contribution in [0.1, 0.15) is 12.0 Å². The molecule has 1 aliphatic rings. The van der Waals surface area contributed by atoms with Crippen molar-refractivity contribution in [3.63, 3.8) is 0 Å². The van der Waals surface area contributed by atoms with Crippen molar-refractivity contribution in [1.29, 1.82) is 0 Å². The topological polar surface area (TPSA) is 122 Å². The molecule has 0 bridgehead atoms. The van der Waals surface area contributed by atoms with Crippen LogP contribution in [0.3, 0.4) is 0 Å². The molecule has 0 aliphatic carbocycles. The fourth-order valence-corrected chi connectivity index (χ4v) is 5.41. The number of morpholine rings is 1. The molecule has 1 fully saturated rings. The molecule has 168 valence electrons. The number of carbonyl (C=O) groups is 1. The Morgan fingerprint density at radius 3 is 2.13 bits per heavy atom. The van der Waals surface area contributed by atoms with Gasteiger partial charge in [0.15, 0.2) is 0 Å². The number of carbonyl (C=O) groups excluding carboxylic acids is 1. The number of amides is 1. The number of anilines is 1. The van der Waals surface area contributed by atoms with Crippen molar-refractivity contribution >= 4 is 31.6 Å². The van der Waals surface area contributed by atoms with Crippen LogP contribution in [0.5, 0.6) is 0 Å². The van der Waals surface area contributed by atoms with Gasteiger partial charge in [-0.2, -0.15) is 4.31 Å². The predicted octanol–water partition coefficient (Wildman–Crippen LogP) is 1.32. The van der Waals surface area contributed by atoms with E-state index in [1.165, 1.54) is 40.7 Å². The van der Waals surface area contributed by atoms with E-state index < -0.39 is 26.0 Å². The Balaban J connectivity index is 1.52. The van der Waals surface area contributed by atoms with Crippen LogP contribution in [0, 0.1) is 6.92 Å². The van der Waals surface area contributed by atoms with Gasteiger partial charge in [0.1, 0.15) is 0 Å². The van der Waals surface area contributed by atoms with Crippen molar-refractivity contribution < 1.29 is 26.4 Å². The minimum absolute atomic E-state index is 0.0640. The predicted molar refractivity (Wildman–Crippen MR) is 116 cm³/mol. The zero-order valence-corrected chi connectivity index (χ0v) is 18.7. The van der Waals surface area contributed by atoms with Crippen LogP contribution in [0.15, 0.2) is 58.3 Å². The lowest BCUT2D eigenvalue weighted by Crippen LogP contribution is -2.40. The summed E-state index contributed by atoms with van der Waals surface area (Å²) in [4.78, 5) is 12.4. The van der Waals surface area contributed by atoms with Gasteiger partial charge in [-0.25, -0.2) is 21.6 Å². The Kier molecular flexibility index (Phi) is 7.44. The fraction of sp³-hybridized carbons (Fsp3) is 0.350. The van der Waals surface area contributed by atoms with Gasteiger partial charge >= 0.3 is 0 Å². The number of hydrogen-bond acceptors (Lipinski definition) is 6. The van der Waals surface area contributed by atoms with Gasteiger partial charge in [0.25, 0.3) is 0 Å². The molecule has 0 unspecified atom stereocenters. The third-order valence-corrected chi connectivity index (χ3v) is 8.11. The van der Waals surface area contributed by atoms with Gasteiger partial charge in [-0.15, -0.1) is 0 Å². The quantitative estimate of drug-likeness (QED) is 0.604. The molecule has 2 N–H and O–H groups in total. The number of sulfonamides is 2. The van der Waals surface area contributed by atoms with Gasteiger partial charge < -0.3 is 10.1 Å². The molecule has 31 heavy (non-hydrogen) atoms. The molecule has 1 aliphatic heterocycles. The van der Waals surface area contributed by atoms with Crippen LogP contribution in [0.25, 0.3) is 0 Å². The molecular formula is C20H25N3O6S2. The maximum atomic E-state index is 12.6. The summed E-state index contributed by atoms with van der Waals surface area (Å²) < 4.78 is 58.6. The van der Waals surface area contributed by atoms with Gasteiger partial charge in [-0.1, -0.05) is 17.7 Å². The molecule has 2 aromatic carbocycles. The SMILES string of the molecule is Cc1ccc(S(=O)(=O)NCCC(=O)Nc2ccc(S(=O)(=O)N3CCOCC3)cc2)cc1. The number of hydrogen-bond donors (Lipinski definition) is 2. The lowest BCUT2D eigenvalue weighted by atomic mass is 10.2. The highest BCUT2D eigenvalue weighted by molar-refractivity contribution is 7.89. The molecule has 11 heteroatoms. The summed E-state index contributed by atoms with van der Waals surface area (Å²) in [6.45, 7) is 3.13. The monoisotopic (exact) mass is 467 g/mol. The summed E-state index contributed by atoms with van der Waals surface area (Å²) in [5.74, 6) is -0.393. The van der Waals surface area contributed by atoms with Crippen molar-refractivity contribution in [2.45, 2.75) is 23.1 Å². The van der Waals surface area contributed by atoms with Crippen molar-refractivity contribution in [3.8, 4) is 0 Å². The standard InChI is InChI=1S/C20H25N3O6S2/c1-16-2-6-18(7-3-16)30(25,26)21-11-10-20(24)22-17-4-8-19(9-5-17)31(27,28)23-12-14-29-15-13-23/h2-9,21H,10-15H2,1H3,(H,22,24). The Hall–Kier alpha value is -2.31. The number of rotatable bonds is 8. The zero-order valence-electron chi connectivity index (χ0n) is 17.1. The summed E-state index contributed by atoms with van der Waals surface area (Å²) in [6, 6.07) is 12.3. The number of ether oxygens (including phenoxy) is 1. The first kappa shape index (κ1) is 23.4. The molecule has 0 spiro atoms. The minimum Gasteiger partial charge on any atom is -0.379 e. The summed E-state index contributed by atoms with van der Waals surface area (Å²) in [7, 11) is -7.29. The van der Waals surface area contributed by atoms with Crippen LogP contribution < -0.4 is 10.0 Å². The lowest BCUT2D eigenvalue weighted by molar-refractivity contribution is -0.116. The van der Waals surface area contributed by atoms with E-state index in [2.05, 4.69) is 10.0 Å². The highest BCUT2D eigenvalue weighted by Crippen LogP contribution is 2.19. The summed E-state index contributed by atoms with van der Waals surface area (Å²) >= 11 is 0. The summed E-state index contributed by atoms with van der Waals surface area (Å²) in [6.07, 6.45) is -0.0705. The Labute approximate surface area is 182 Å². The second-order valence-corrected chi connectivity index (χ2v) is 10.8. The van der Waals surface area contributed by atoms with Crippen molar-refractivity contribution in [3.05, 3.63) is 54.1 Å². The Morgan fingerprint density at radius 1 is 0.935 bits per heavy atom. The minimum atomic E-state index is -3.69. The Bertz CT molecular complexity index is 1110. The van der Waals surface area contributed by atoms with Crippen LogP contribution in [-0.4, -0.2) is 59.9 Å². The number of nitrogens with one attached hydrogen (secondary N) is 2. The molecule has 0 aromatic heterocycles. The van der Waals surface area contributed by atoms with Crippen LogP contribution >= 0.6 is 0 Å². The third-order valence-electron chi connectivity index (χ3n) is 4.72. The maximum Gasteiger partial charge on any atom is 0.243 e. The molecule has 2 aromatic rings. The highest BCUT2D eigenvalue weighted by atomic mass is 32.2. The molecule has 0 radical (unpaired) electrons. The second-order valence-electron chi connectivity index (χ2n) is 7.05. The first-order valence-corrected chi connectivity index (χ1v) is 12.6. The Morgan fingerprint density at radius 2 is 1.52 bits per heavy atom. The van der Waals surface area contributed by atoms with E-state index in [9.17, 15) is 21.6 Å². The van der Waals surface area contributed by atoms with Crippen LogP contribution in [0.4, 0.5) is 5.69 Å². The molecule has 3 rings (SSSR count). The van der Waals surface area contributed by atoms with E-state index >= 15 is 0 Å². The number of aryl methyl sites for hydroxylation is 1. The molecule has 0 saturated carbocycles. The van der Waals surface area contributed by atoms with Crippen LogP contribution in [0.2, 0.25) is 0 Å². The smallest absolute Gasteiger partial charge is 0.243 e. The van der Waals surface area contributed by atoms with E-state index in [-0.39, 0.29) is 22.8 Å². The van der Waals surface area contributed by atoms with E-state index in [1.807, 2.05) is 6.92 Å². The average molecular weight is 468 g/mol. The third kappa shape index (κ3) is 6.11. The van der Waals surface area contributed by atoms with Crippen molar-refractivity contribution in [1.82, 2.24) is 9.03 Å². The summed E-state index contributed by atoms with van der Waals surface area (Å²) in [5, 5.41) is 2.63. The van der Waals surface area contributed by atoms with Gasteiger partial charge in [0, 0.05) is 31.7 Å². The molecule has 9 nitrogen and oxygen atoms in total.